The van der Waals surface area contributed by atoms with E-state index in [1.165, 1.54) is 25.3 Å². The SMILES string of the molecule is COc1cc(C=O)ccc1OCC(=O)NNC(=O)c1ccccc1Br. The Hall–Kier alpha value is -2.87. The first-order chi connectivity index (χ1) is 12.0. The smallest absolute Gasteiger partial charge is 0.276 e. The summed E-state index contributed by atoms with van der Waals surface area (Å²) in [5.74, 6) is -0.384. The Kier molecular flexibility index (Phi) is 6.53. The fourth-order valence-corrected chi connectivity index (χ4v) is 2.36. The minimum absolute atomic E-state index is 0.306. The predicted molar refractivity (Wildman–Crippen MR) is 93.6 cm³/mol. The molecule has 0 spiro atoms. The maximum Gasteiger partial charge on any atom is 0.276 e. The largest absolute Gasteiger partial charge is 0.493 e. The molecular formula is C17H15BrN2O5. The minimum Gasteiger partial charge on any atom is -0.493 e. The van der Waals surface area contributed by atoms with Crippen molar-refractivity contribution in [2.75, 3.05) is 13.7 Å². The summed E-state index contributed by atoms with van der Waals surface area (Å²) in [6.07, 6.45) is 0.677. The lowest BCUT2D eigenvalue weighted by molar-refractivity contribution is -0.123. The van der Waals surface area contributed by atoms with Crippen molar-refractivity contribution in [3.8, 4) is 11.5 Å². The number of hydrazine groups is 1. The fourth-order valence-electron chi connectivity index (χ4n) is 1.90. The Labute approximate surface area is 152 Å². The monoisotopic (exact) mass is 406 g/mol. The van der Waals surface area contributed by atoms with Gasteiger partial charge in [0, 0.05) is 10.0 Å². The second-order valence-corrected chi connectivity index (χ2v) is 5.65. The van der Waals surface area contributed by atoms with Crippen molar-refractivity contribution >= 4 is 34.0 Å². The van der Waals surface area contributed by atoms with Gasteiger partial charge in [-0.3, -0.25) is 25.2 Å². The standard InChI is InChI=1S/C17H15BrN2O5/c1-24-15-8-11(9-21)6-7-14(15)25-10-16(22)19-20-17(23)12-4-2-3-5-13(12)18/h2-9H,10H2,1H3,(H,19,22)(H,20,23). The van der Waals surface area contributed by atoms with Crippen molar-refractivity contribution in [1.29, 1.82) is 0 Å². The van der Waals surface area contributed by atoms with Gasteiger partial charge < -0.3 is 9.47 Å². The molecule has 0 saturated carbocycles. The summed E-state index contributed by atoms with van der Waals surface area (Å²) in [7, 11) is 1.43. The lowest BCUT2D eigenvalue weighted by atomic mass is 10.2. The van der Waals surface area contributed by atoms with Gasteiger partial charge in [0.2, 0.25) is 0 Å². The summed E-state index contributed by atoms with van der Waals surface area (Å²) >= 11 is 3.26. The average molecular weight is 407 g/mol. The van der Waals surface area contributed by atoms with E-state index in [-0.39, 0.29) is 6.61 Å². The highest BCUT2D eigenvalue weighted by Gasteiger charge is 2.12. The lowest BCUT2D eigenvalue weighted by Crippen LogP contribution is -2.43. The molecule has 0 saturated heterocycles. The van der Waals surface area contributed by atoms with Crippen LogP contribution in [0, 0.1) is 0 Å². The first-order valence-electron chi connectivity index (χ1n) is 7.15. The van der Waals surface area contributed by atoms with Crippen LogP contribution in [0.2, 0.25) is 0 Å². The number of hydrogen-bond acceptors (Lipinski definition) is 5. The zero-order valence-electron chi connectivity index (χ0n) is 13.2. The highest BCUT2D eigenvalue weighted by Crippen LogP contribution is 2.27. The van der Waals surface area contributed by atoms with E-state index in [0.29, 0.717) is 33.4 Å². The molecule has 0 heterocycles. The van der Waals surface area contributed by atoms with Crippen molar-refractivity contribution in [1.82, 2.24) is 10.9 Å². The minimum atomic E-state index is -0.554. The molecule has 2 aromatic rings. The lowest BCUT2D eigenvalue weighted by Gasteiger charge is -2.12. The number of aldehydes is 1. The van der Waals surface area contributed by atoms with Crippen LogP contribution in [-0.4, -0.2) is 31.8 Å². The maximum absolute atomic E-state index is 12.0. The van der Waals surface area contributed by atoms with Gasteiger partial charge in [0.15, 0.2) is 18.1 Å². The van der Waals surface area contributed by atoms with Crippen LogP contribution in [0.4, 0.5) is 0 Å². The fraction of sp³-hybridized carbons (Fsp3) is 0.118. The number of rotatable bonds is 6. The Morgan fingerprint density at radius 3 is 2.56 bits per heavy atom. The summed E-state index contributed by atoms with van der Waals surface area (Å²) in [6, 6.07) is 11.4. The van der Waals surface area contributed by atoms with E-state index in [0.717, 1.165) is 0 Å². The van der Waals surface area contributed by atoms with Crippen molar-refractivity contribution < 1.29 is 23.9 Å². The quantitative estimate of drug-likeness (QED) is 0.565. The molecule has 7 nitrogen and oxygen atoms in total. The van der Waals surface area contributed by atoms with Gasteiger partial charge in [0.25, 0.3) is 11.8 Å². The number of methoxy groups -OCH3 is 1. The van der Waals surface area contributed by atoms with Gasteiger partial charge >= 0.3 is 0 Å². The van der Waals surface area contributed by atoms with Gasteiger partial charge in [-0.1, -0.05) is 12.1 Å². The number of carbonyl (C=O) groups excluding carboxylic acids is 3. The van der Waals surface area contributed by atoms with E-state index >= 15 is 0 Å². The van der Waals surface area contributed by atoms with Gasteiger partial charge in [-0.05, 0) is 46.3 Å². The summed E-state index contributed by atoms with van der Waals surface area (Å²) in [5.41, 5.74) is 5.36. The first-order valence-corrected chi connectivity index (χ1v) is 7.94. The molecule has 0 unspecified atom stereocenters. The van der Waals surface area contributed by atoms with E-state index in [2.05, 4.69) is 26.8 Å². The van der Waals surface area contributed by atoms with Crippen LogP contribution < -0.4 is 20.3 Å². The summed E-state index contributed by atoms with van der Waals surface area (Å²) < 4.78 is 11.0. The molecule has 8 heteroatoms. The van der Waals surface area contributed by atoms with E-state index in [9.17, 15) is 14.4 Å². The Balaban J connectivity index is 1.88. The number of benzene rings is 2. The molecule has 130 valence electrons. The second-order valence-electron chi connectivity index (χ2n) is 4.80. The molecule has 2 N–H and O–H groups in total. The summed E-state index contributed by atoms with van der Waals surface area (Å²) in [6.45, 7) is -0.340. The highest BCUT2D eigenvalue weighted by atomic mass is 79.9. The normalized spacial score (nSPS) is 9.84. The molecule has 0 fully saturated rings. The molecule has 0 aliphatic rings. The zero-order valence-corrected chi connectivity index (χ0v) is 14.8. The van der Waals surface area contributed by atoms with Crippen LogP contribution >= 0.6 is 15.9 Å². The summed E-state index contributed by atoms with van der Waals surface area (Å²) in [5, 5.41) is 0. The van der Waals surface area contributed by atoms with Crippen LogP contribution in [-0.2, 0) is 4.79 Å². The summed E-state index contributed by atoms with van der Waals surface area (Å²) in [4.78, 5) is 34.5. The molecule has 2 amide bonds. The maximum atomic E-state index is 12.0. The third-order valence-corrected chi connectivity index (χ3v) is 3.81. The van der Waals surface area contributed by atoms with Crippen LogP contribution in [0.5, 0.6) is 11.5 Å². The number of hydrogen-bond donors (Lipinski definition) is 2. The number of ether oxygens (including phenoxy) is 2. The topological polar surface area (TPSA) is 93.7 Å². The predicted octanol–water partition coefficient (Wildman–Crippen LogP) is 2.11. The zero-order chi connectivity index (χ0) is 18.2. The molecule has 2 rings (SSSR count). The van der Waals surface area contributed by atoms with Crippen LogP contribution in [0.25, 0.3) is 0 Å². The second kappa shape index (κ2) is 8.84. The van der Waals surface area contributed by atoms with Crippen molar-refractivity contribution in [2.24, 2.45) is 0 Å². The van der Waals surface area contributed by atoms with Crippen LogP contribution in [0.15, 0.2) is 46.9 Å². The third kappa shape index (κ3) is 5.05. The van der Waals surface area contributed by atoms with Gasteiger partial charge in [0.1, 0.15) is 6.29 Å². The van der Waals surface area contributed by atoms with Crippen molar-refractivity contribution in [3.63, 3.8) is 0 Å². The van der Waals surface area contributed by atoms with E-state index in [1.807, 2.05) is 0 Å². The number of nitrogens with one attached hydrogen (secondary N) is 2. The molecule has 0 aliphatic carbocycles. The van der Waals surface area contributed by atoms with Gasteiger partial charge in [0.05, 0.1) is 12.7 Å². The number of amides is 2. The van der Waals surface area contributed by atoms with Crippen molar-refractivity contribution in [2.45, 2.75) is 0 Å². The van der Waals surface area contributed by atoms with E-state index in [4.69, 9.17) is 9.47 Å². The molecule has 0 aromatic heterocycles. The molecule has 25 heavy (non-hydrogen) atoms. The van der Waals surface area contributed by atoms with E-state index in [1.54, 1.807) is 24.3 Å². The average Bonchev–Trinajstić information content (AvgIpc) is 2.64. The third-order valence-electron chi connectivity index (χ3n) is 3.12. The van der Waals surface area contributed by atoms with Crippen LogP contribution in [0.3, 0.4) is 0 Å². The number of halogens is 1. The van der Waals surface area contributed by atoms with Gasteiger partial charge in [-0.25, -0.2) is 0 Å². The van der Waals surface area contributed by atoms with E-state index < -0.39 is 11.8 Å². The van der Waals surface area contributed by atoms with Crippen LogP contribution in [0.1, 0.15) is 20.7 Å². The Morgan fingerprint density at radius 1 is 1.12 bits per heavy atom. The Morgan fingerprint density at radius 2 is 1.88 bits per heavy atom. The van der Waals surface area contributed by atoms with Crippen molar-refractivity contribution in [3.05, 3.63) is 58.1 Å². The first kappa shape index (κ1) is 18.5. The molecule has 0 radical (unpaired) electrons. The highest BCUT2D eigenvalue weighted by molar-refractivity contribution is 9.10. The molecule has 0 atom stereocenters. The van der Waals surface area contributed by atoms with Gasteiger partial charge in [-0.2, -0.15) is 0 Å². The van der Waals surface area contributed by atoms with Gasteiger partial charge in [-0.15, -0.1) is 0 Å². The number of carbonyl (C=O) groups is 3. The Bertz CT molecular complexity index is 794. The molecular weight excluding hydrogens is 392 g/mol. The molecule has 2 aromatic carbocycles. The molecule has 0 bridgehead atoms. The molecule has 0 aliphatic heterocycles.